The van der Waals surface area contributed by atoms with Crippen molar-refractivity contribution in [2.45, 2.75) is 24.2 Å². The average molecular weight is 279 g/mol. The third-order valence-electron chi connectivity index (χ3n) is 3.27. The van der Waals surface area contributed by atoms with Crippen molar-refractivity contribution >= 4 is 10.0 Å². The topological polar surface area (TPSA) is 83.3 Å². The van der Waals surface area contributed by atoms with Gasteiger partial charge in [0.05, 0.1) is 23.9 Å². The molecule has 1 aromatic heterocycles. The van der Waals surface area contributed by atoms with Crippen LogP contribution in [-0.4, -0.2) is 42.2 Å². The van der Waals surface area contributed by atoms with E-state index < -0.39 is 10.0 Å². The van der Waals surface area contributed by atoms with Crippen molar-refractivity contribution in [1.29, 1.82) is 5.26 Å². The van der Waals surface area contributed by atoms with Crippen LogP contribution in [0.3, 0.4) is 0 Å². The molecule has 1 aliphatic heterocycles. The Morgan fingerprint density at radius 3 is 2.63 bits per heavy atom. The molecule has 100 valence electrons. The molecule has 1 aliphatic carbocycles. The van der Waals surface area contributed by atoms with Crippen LogP contribution in [-0.2, 0) is 10.0 Å². The lowest BCUT2D eigenvalue weighted by molar-refractivity contribution is 0.0720. The number of rotatable bonds is 4. The van der Waals surface area contributed by atoms with Crippen molar-refractivity contribution in [2.24, 2.45) is 0 Å². The molecule has 1 saturated heterocycles. The molecule has 1 saturated carbocycles. The Kier molecular flexibility index (Phi) is 2.92. The quantitative estimate of drug-likeness (QED) is 0.801. The maximum Gasteiger partial charge on any atom is 0.217 e. The Labute approximate surface area is 111 Å². The van der Waals surface area contributed by atoms with Gasteiger partial charge in [0.25, 0.3) is 0 Å². The van der Waals surface area contributed by atoms with Gasteiger partial charge in [-0.2, -0.15) is 9.57 Å². The zero-order chi connectivity index (χ0) is 13.5. The fraction of sp³-hybridized carbons (Fsp3) is 0.500. The summed E-state index contributed by atoms with van der Waals surface area (Å²) in [6.45, 7) is 0.779. The molecule has 2 aliphatic rings. The van der Waals surface area contributed by atoms with Gasteiger partial charge in [0.2, 0.25) is 15.9 Å². The second-order valence-electron chi connectivity index (χ2n) is 4.80. The van der Waals surface area contributed by atoms with Crippen molar-refractivity contribution < 1.29 is 13.2 Å². The molecule has 0 atom stereocenters. The fourth-order valence-electron chi connectivity index (χ4n) is 1.95. The van der Waals surface area contributed by atoms with Gasteiger partial charge < -0.3 is 4.74 Å². The molecule has 0 bridgehead atoms. The molecule has 1 aromatic rings. The van der Waals surface area contributed by atoms with E-state index in [4.69, 9.17) is 10.00 Å². The lowest BCUT2D eigenvalue weighted by Gasteiger charge is -2.37. The molecule has 2 heterocycles. The van der Waals surface area contributed by atoms with Crippen molar-refractivity contribution in [3.8, 4) is 11.9 Å². The maximum atomic E-state index is 11.9. The van der Waals surface area contributed by atoms with Gasteiger partial charge in [-0.05, 0) is 18.9 Å². The number of nitriles is 1. The molecule has 0 N–H and O–H groups in total. The summed E-state index contributed by atoms with van der Waals surface area (Å²) >= 11 is 0. The summed E-state index contributed by atoms with van der Waals surface area (Å²) in [5.74, 6) is 0.424. The summed E-state index contributed by atoms with van der Waals surface area (Å²) in [5, 5.41) is 8.48. The molecule has 0 amide bonds. The number of sulfonamides is 1. The Hall–Kier alpha value is -1.65. The first-order chi connectivity index (χ1) is 9.09. The maximum absolute atomic E-state index is 11.9. The summed E-state index contributed by atoms with van der Waals surface area (Å²) in [4.78, 5) is 3.99. The molecule has 3 rings (SSSR count). The van der Waals surface area contributed by atoms with Gasteiger partial charge in [0.1, 0.15) is 12.2 Å². The van der Waals surface area contributed by atoms with Crippen LogP contribution in [0.5, 0.6) is 5.88 Å². The Bertz CT molecular complexity index is 611. The van der Waals surface area contributed by atoms with Crippen LogP contribution < -0.4 is 4.74 Å². The van der Waals surface area contributed by atoms with Gasteiger partial charge in [-0.25, -0.2) is 13.4 Å². The fourth-order valence-corrected chi connectivity index (χ4v) is 3.85. The van der Waals surface area contributed by atoms with Gasteiger partial charge in [-0.3, -0.25) is 0 Å². The van der Waals surface area contributed by atoms with Gasteiger partial charge in [-0.15, -0.1) is 0 Å². The summed E-state index contributed by atoms with van der Waals surface area (Å²) in [7, 11) is -3.08. The highest BCUT2D eigenvalue weighted by Gasteiger charge is 2.45. The van der Waals surface area contributed by atoms with Crippen LogP contribution in [0.15, 0.2) is 18.3 Å². The lowest BCUT2D eigenvalue weighted by Crippen LogP contribution is -2.56. The van der Waals surface area contributed by atoms with Gasteiger partial charge in [-0.1, -0.05) is 0 Å². The smallest absolute Gasteiger partial charge is 0.217 e. The molecule has 6 nitrogen and oxygen atoms in total. The van der Waals surface area contributed by atoms with E-state index in [1.807, 2.05) is 6.07 Å². The first-order valence-electron chi connectivity index (χ1n) is 6.11. The van der Waals surface area contributed by atoms with Crippen LogP contribution >= 0.6 is 0 Å². The molecular weight excluding hydrogens is 266 g/mol. The van der Waals surface area contributed by atoms with Gasteiger partial charge in [0.15, 0.2) is 0 Å². The van der Waals surface area contributed by atoms with E-state index >= 15 is 0 Å². The minimum atomic E-state index is -3.08. The van der Waals surface area contributed by atoms with Crippen LogP contribution in [0.1, 0.15) is 18.4 Å². The molecule has 0 aromatic carbocycles. The van der Waals surface area contributed by atoms with Crippen LogP contribution in [0, 0.1) is 11.3 Å². The van der Waals surface area contributed by atoms with E-state index in [0.717, 1.165) is 12.8 Å². The molecule has 2 fully saturated rings. The highest BCUT2D eigenvalue weighted by Crippen LogP contribution is 2.33. The normalized spacial score (nSPS) is 20.6. The molecule has 19 heavy (non-hydrogen) atoms. The van der Waals surface area contributed by atoms with Crippen LogP contribution in [0.4, 0.5) is 0 Å². The first kappa shape index (κ1) is 12.4. The van der Waals surface area contributed by atoms with E-state index in [0.29, 0.717) is 24.5 Å². The highest BCUT2D eigenvalue weighted by molar-refractivity contribution is 7.90. The number of hydrogen-bond donors (Lipinski definition) is 0. The summed E-state index contributed by atoms with van der Waals surface area (Å²) < 4.78 is 30.8. The van der Waals surface area contributed by atoms with Crippen molar-refractivity contribution in [3.63, 3.8) is 0 Å². The Balaban J connectivity index is 1.55. The third-order valence-corrected chi connectivity index (χ3v) is 5.60. The molecule has 0 spiro atoms. The number of hydrogen-bond acceptors (Lipinski definition) is 5. The van der Waals surface area contributed by atoms with Crippen molar-refractivity contribution in [2.75, 3.05) is 13.1 Å². The van der Waals surface area contributed by atoms with Crippen LogP contribution in [0.2, 0.25) is 0 Å². The number of aromatic nitrogens is 1. The molecular formula is C12H13N3O3S. The number of ether oxygens (including phenoxy) is 1. The Morgan fingerprint density at radius 2 is 2.11 bits per heavy atom. The van der Waals surface area contributed by atoms with E-state index in [1.54, 1.807) is 12.1 Å². The predicted octanol–water partition coefficient (Wildman–Crippen LogP) is 0.508. The summed E-state index contributed by atoms with van der Waals surface area (Å²) in [6.07, 6.45) is 2.85. The molecule has 0 radical (unpaired) electrons. The minimum Gasteiger partial charge on any atom is -0.472 e. The largest absolute Gasteiger partial charge is 0.472 e. The summed E-state index contributed by atoms with van der Waals surface area (Å²) in [6, 6.07) is 5.22. The number of nitrogens with zero attached hydrogens (tertiary/aromatic N) is 3. The van der Waals surface area contributed by atoms with Crippen LogP contribution in [0.25, 0.3) is 0 Å². The summed E-state index contributed by atoms with van der Waals surface area (Å²) in [5.41, 5.74) is 0.471. The van der Waals surface area contributed by atoms with Crippen molar-refractivity contribution in [1.82, 2.24) is 9.29 Å². The number of pyridine rings is 1. The first-order valence-corrected chi connectivity index (χ1v) is 7.61. The molecule has 7 heteroatoms. The van der Waals surface area contributed by atoms with Crippen molar-refractivity contribution in [3.05, 3.63) is 23.9 Å². The molecule has 0 unspecified atom stereocenters. The van der Waals surface area contributed by atoms with E-state index in [-0.39, 0.29) is 11.4 Å². The average Bonchev–Trinajstić information content (AvgIpc) is 3.18. The minimum absolute atomic E-state index is 0.144. The Morgan fingerprint density at radius 1 is 1.37 bits per heavy atom. The predicted molar refractivity (Wildman–Crippen MR) is 66.9 cm³/mol. The highest BCUT2D eigenvalue weighted by atomic mass is 32.2. The zero-order valence-corrected chi connectivity index (χ0v) is 11.0. The standard InChI is InChI=1S/C12H13N3O3S/c13-5-9-1-4-12(14-6-9)18-10-7-15(8-10)19(16,17)11-2-3-11/h1,4,6,10-11H,2-3,7-8H2. The van der Waals surface area contributed by atoms with Gasteiger partial charge >= 0.3 is 0 Å². The third kappa shape index (κ3) is 2.41. The second kappa shape index (κ2) is 4.47. The van der Waals surface area contributed by atoms with E-state index in [9.17, 15) is 8.42 Å². The van der Waals surface area contributed by atoms with E-state index in [1.165, 1.54) is 10.5 Å². The zero-order valence-electron chi connectivity index (χ0n) is 10.2. The van der Waals surface area contributed by atoms with Gasteiger partial charge in [0, 0.05) is 12.3 Å². The monoisotopic (exact) mass is 279 g/mol. The van der Waals surface area contributed by atoms with E-state index in [2.05, 4.69) is 4.98 Å². The second-order valence-corrected chi connectivity index (χ2v) is 7.01. The lowest BCUT2D eigenvalue weighted by atomic mass is 10.2. The SMILES string of the molecule is N#Cc1ccc(OC2CN(S(=O)(=O)C3CC3)C2)nc1.